The Balaban J connectivity index is 0.777. The third kappa shape index (κ3) is 7.71. The summed E-state index contributed by atoms with van der Waals surface area (Å²) < 4.78 is 5.72. The summed E-state index contributed by atoms with van der Waals surface area (Å²) in [5.41, 5.74) is 8.60. The van der Waals surface area contributed by atoms with Crippen molar-refractivity contribution in [2.24, 2.45) is 0 Å². The van der Waals surface area contributed by atoms with Gasteiger partial charge in [-0.15, -0.1) is 0 Å². The second-order valence-corrected chi connectivity index (χ2v) is 15.4. The second-order valence-electron chi connectivity index (χ2n) is 15.4. The molecule has 5 aliphatic rings. The second kappa shape index (κ2) is 15.8. The molecule has 13 heteroatoms. The fourth-order valence-corrected chi connectivity index (χ4v) is 8.67. The number of nitrogens with zero attached hydrogens (tertiary/aromatic N) is 6. The minimum absolute atomic E-state index is 0.0931. The number of hydrogen-bond donors (Lipinski definition) is 3. The molecule has 13 nitrogen and oxygen atoms in total. The maximum absolute atomic E-state index is 13.7. The molecule has 6 heterocycles. The zero-order valence-electron chi connectivity index (χ0n) is 32.2. The maximum Gasteiger partial charge on any atom is 0.250 e. The summed E-state index contributed by atoms with van der Waals surface area (Å²) in [6, 6.07) is 14.9. The Bertz CT molecular complexity index is 2300. The van der Waals surface area contributed by atoms with Gasteiger partial charge in [-0.25, -0.2) is 15.0 Å². The molecule has 1 unspecified atom stereocenters. The standard InChI is InChI=1S/C44H47N9O4/c1-28-37(27-46-42-40(28)45-17-24-57-42)31-5-6-32-26-47-44(49-38(32)25-31)48-33-4-2-3-30(7-10-33)43(56)53-22-20-52(21-23-53)35-15-18-51(19-16-35)34-11-8-29(9-12-34)36-13-14-39(54)50-41(36)55/h2,4-12,25-27,35-36,45H,3,13-24H2,1H3,(H,47,48,49)(H,50,54,55). The van der Waals surface area contributed by atoms with E-state index in [2.05, 4.69) is 66.9 Å². The van der Waals surface area contributed by atoms with Crippen LogP contribution in [-0.2, 0) is 14.4 Å². The molecule has 3 amide bonds. The normalized spacial score (nSPS) is 20.5. The van der Waals surface area contributed by atoms with Crippen molar-refractivity contribution in [1.82, 2.24) is 30.1 Å². The maximum atomic E-state index is 13.7. The first-order chi connectivity index (χ1) is 27.9. The Morgan fingerprint density at radius 2 is 1.75 bits per heavy atom. The zero-order valence-corrected chi connectivity index (χ0v) is 32.2. The molecular weight excluding hydrogens is 719 g/mol. The largest absolute Gasteiger partial charge is 0.474 e. The van der Waals surface area contributed by atoms with Crippen molar-refractivity contribution < 1.29 is 19.1 Å². The Hall–Kier alpha value is -6.08. The summed E-state index contributed by atoms with van der Waals surface area (Å²) in [4.78, 5) is 58.4. The van der Waals surface area contributed by atoms with E-state index in [1.165, 1.54) is 5.69 Å². The summed E-state index contributed by atoms with van der Waals surface area (Å²) in [6.45, 7) is 8.55. The first-order valence-electron chi connectivity index (χ1n) is 20.1. The van der Waals surface area contributed by atoms with Crippen molar-refractivity contribution in [1.29, 1.82) is 0 Å². The van der Waals surface area contributed by atoms with Gasteiger partial charge in [0.15, 0.2) is 0 Å². The predicted molar refractivity (Wildman–Crippen MR) is 220 cm³/mol. The number of ether oxygens (including phenoxy) is 1. The lowest BCUT2D eigenvalue weighted by Crippen LogP contribution is -2.54. The van der Waals surface area contributed by atoms with Crippen molar-refractivity contribution in [3.8, 4) is 17.0 Å². The number of carbonyl (C=O) groups excluding carboxylic acids is 3. The lowest BCUT2D eigenvalue weighted by atomic mass is 9.90. The van der Waals surface area contributed by atoms with Gasteiger partial charge in [-0.3, -0.25) is 24.6 Å². The van der Waals surface area contributed by atoms with E-state index >= 15 is 0 Å². The van der Waals surface area contributed by atoms with E-state index in [9.17, 15) is 14.4 Å². The molecule has 1 aliphatic carbocycles. The van der Waals surface area contributed by atoms with Gasteiger partial charge in [0.25, 0.3) is 0 Å². The highest BCUT2D eigenvalue weighted by Gasteiger charge is 2.31. The predicted octanol–water partition coefficient (Wildman–Crippen LogP) is 5.32. The van der Waals surface area contributed by atoms with Crippen LogP contribution in [0.4, 0.5) is 17.3 Å². The fourth-order valence-electron chi connectivity index (χ4n) is 8.67. The SMILES string of the molecule is Cc1c(-c2ccc3cnc(NC4=CC=C(C(=O)N5CCN(C6CCN(c7ccc(C8CCC(=O)NC8=O)cc7)CC6)CC5)CC=C4)nc3c2)cnc2c1NCCO2. The number of nitrogens with one attached hydrogen (secondary N) is 3. The number of piperazine rings is 1. The molecule has 2 aromatic carbocycles. The molecule has 0 bridgehead atoms. The smallest absolute Gasteiger partial charge is 0.250 e. The zero-order chi connectivity index (χ0) is 38.9. The van der Waals surface area contributed by atoms with E-state index in [0.717, 1.165) is 109 Å². The van der Waals surface area contributed by atoms with Crippen LogP contribution in [0.2, 0.25) is 0 Å². The number of aromatic nitrogens is 3. The van der Waals surface area contributed by atoms with E-state index in [-0.39, 0.29) is 23.6 Å². The molecule has 3 N–H and O–H groups in total. The summed E-state index contributed by atoms with van der Waals surface area (Å²) >= 11 is 0. The number of hydrogen-bond acceptors (Lipinski definition) is 11. The molecule has 1 atom stereocenters. The van der Waals surface area contributed by atoms with Crippen LogP contribution in [0.15, 0.2) is 90.4 Å². The molecule has 2 aromatic heterocycles. The Kier molecular flexibility index (Phi) is 10.1. The topological polar surface area (TPSA) is 145 Å². The molecule has 3 fully saturated rings. The van der Waals surface area contributed by atoms with E-state index in [0.29, 0.717) is 43.7 Å². The van der Waals surface area contributed by atoms with Gasteiger partial charge in [-0.1, -0.05) is 36.4 Å². The van der Waals surface area contributed by atoms with Crippen molar-refractivity contribution >= 4 is 45.9 Å². The lowest BCUT2D eigenvalue weighted by molar-refractivity contribution is -0.134. The molecule has 4 aromatic rings. The number of rotatable bonds is 7. The van der Waals surface area contributed by atoms with Crippen LogP contribution in [0.5, 0.6) is 5.88 Å². The number of benzene rings is 2. The van der Waals surface area contributed by atoms with Gasteiger partial charge in [0, 0.05) is 98.6 Å². The van der Waals surface area contributed by atoms with E-state index < -0.39 is 0 Å². The highest BCUT2D eigenvalue weighted by atomic mass is 16.5. The molecule has 0 radical (unpaired) electrons. The molecule has 4 aliphatic heterocycles. The lowest BCUT2D eigenvalue weighted by Gasteiger charge is -2.43. The number of allylic oxidation sites excluding steroid dienone is 4. The van der Waals surface area contributed by atoms with Gasteiger partial charge >= 0.3 is 0 Å². The van der Waals surface area contributed by atoms with Crippen LogP contribution >= 0.6 is 0 Å². The number of fused-ring (bicyclic) bond motifs is 2. The van der Waals surface area contributed by atoms with Crippen LogP contribution in [-0.4, -0.2) is 101 Å². The van der Waals surface area contributed by atoms with E-state index in [1.54, 1.807) is 0 Å². The van der Waals surface area contributed by atoms with Gasteiger partial charge < -0.3 is 25.2 Å². The molecule has 9 rings (SSSR count). The Labute approximate surface area is 331 Å². The van der Waals surface area contributed by atoms with Gasteiger partial charge in [-0.2, -0.15) is 0 Å². The van der Waals surface area contributed by atoms with Crippen LogP contribution < -0.4 is 25.6 Å². The highest BCUT2D eigenvalue weighted by Crippen LogP contribution is 2.36. The van der Waals surface area contributed by atoms with E-state index in [4.69, 9.17) is 9.72 Å². The van der Waals surface area contributed by atoms with Crippen molar-refractivity contribution in [3.05, 3.63) is 102 Å². The van der Waals surface area contributed by atoms with Crippen molar-refractivity contribution in [3.63, 3.8) is 0 Å². The highest BCUT2D eigenvalue weighted by molar-refractivity contribution is 6.01. The van der Waals surface area contributed by atoms with Crippen LogP contribution in [0.3, 0.4) is 0 Å². The van der Waals surface area contributed by atoms with Gasteiger partial charge in [0.1, 0.15) is 12.3 Å². The summed E-state index contributed by atoms with van der Waals surface area (Å²) in [5, 5.41) is 10.2. The molecule has 3 saturated heterocycles. The molecule has 0 saturated carbocycles. The minimum Gasteiger partial charge on any atom is -0.474 e. The van der Waals surface area contributed by atoms with Crippen LogP contribution in [0.1, 0.15) is 49.1 Å². The van der Waals surface area contributed by atoms with Crippen molar-refractivity contribution in [2.75, 3.05) is 68.0 Å². The number of imide groups is 1. The molecule has 292 valence electrons. The first kappa shape index (κ1) is 36.6. The first-order valence-corrected chi connectivity index (χ1v) is 20.1. The number of amides is 3. The molecule has 57 heavy (non-hydrogen) atoms. The van der Waals surface area contributed by atoms with Crippen molar-refractivity contribution in [2.45, 2.75) is 51.0 Å². The summed E-state index contributed by atoms with van der Waals surface area (Å²) in [6.07, 6.45) is 15.2. The monoisotopic (exact) mass is 765 g/mol. The number of piperidine rings is 2. The fraction of sp³-hybridized carbons (Fsp3) is 0.364. The average molecular weight is 766 g/mol. The number of pyridine rings is 1. The van der Waals surface area contributed by atoms with Gasteiger partial charge in [-0.05, 0) is 79.6 Å². The molecule has 0 spiro atoms. The minimum atomic E-state index is -0.260. The van der Waals surface area contributed by atoms with E-state index in [1.807, 2.05) is 59.8 Å². The van der Waals surface area contributed by atoms with Gasteiger partial charge in [0.2, 0.25) is 29.5 Å². The molecular formula is C44H47N9O4. The Morgan fingerprint density at radius 1 is 0.930 bits per heavy atom. The van der Waals surface area contributed by atoms with Crippen LogP contribution in [0, 0.1) is 6.92 Å². The summed E-state index contributed by atoms with van der Waals surface area (Å²) in [7, 11) is 0. The number of carbonyl (C=O) groups is 3. The van der Waals surface area contributed by atoms with Gasteiger partial charge in [0.05, 0.1) is 11.4 Å². The number of anilines is 3. The average Bonchev–Trinajstić information content (AvgIpc) is 3.49. The van der Waals surface area contributed by atoms with Crippen LogP contribution in [0.25, 0.3) is 22.0 Å². The third-order valence-corrected chi connectivity index (χ3v) is 12.0. The third-order valence-electron chi connectivity index (χ3n) is 12.0. The Morgan fingerprint density at radius 3 is 2.56 bits per heavy atom. The summed E-state index contributed by atoms with van der Waals surface area (Å²) in [5.74, 6) is 0.574. The quantitative estimate of drug-likeness (QED) is 0.210.